The number of Topliss-reactive ketones (excluding diaryl/α,β-unsaturated/α-hetero) is 1. The van der Waals surface area contributed by atoms with Gasteiger partial charge in [0.05, 0.1) is 14.2 Å². The highest BCUT2D eigenvalue weighted by molar-refractivity contribution is 6.99. The van der Waals surface area contributed by atoms with E-state index in [9.17, 15) is 24.0 Å². The molecule has 2 heterocycles. The first-order valence-electron chi connectivity index (χ1n) is 21.0. The van der Waals surface area contributed by atoms with Gasteiger partial charge in [0.1, 0.15) is 29.8 Å². The molecule has 3 N–H and O–H groups in total. The normalized spacial score (nSPS) is 22.2. The predicted molar refractivity (Wildman–Crippen MR) is 235 cm³/mol. The summed E-state index contributed by atoms with van der Waals surface area (Å²) in [5.74, 6) is -0.885. The van der Waals surface area contributed by atoms with Crippen LogP contribution in [-0.2, 0) is 34.8 Å². The average molecular weight is 839 g/mol. The van der Waals surface area contributed by atoms with Crippen molar-refractivity contribution in [3.05, 3.63) is 96.6 Å². The zero-order chi connectivity index (χ0) is 43.7. The fourth-order valence-corrected chi connectivity index (χ4v) is 12.9. The molecule has 0 aromatic heterocycles. The smallest absolute Gasteiger partial charge is 0.262 e. The number of carbonyl (C=O) groups is 5. The Morgan fingerprint density at radius 2 is 1.52 bits per heavy atom. The number of carbonyl (C=O) groups excluding carboxylic acids is 5. The van der Waals surface area contributed by atoms with Crippen molar-refractivity contribution in [1.82, 2.24) is 20.9 Å². The number of ketones is 1. The Morgan fingerprint density at radius 3 is 2.10 bits per heavy atom. The summed E-state index contributed by atoms with van der Waals surface area (Å²) in [6.07, 6.45) is 5.00. The molecule has 12 nitrogen and oxygen atoms in total. The van der Waals surface area contributed by atoms with Crippen molar-refractivity contribution in [3.8, 4) is 11.5 Å². The molecule has 0 bridgehead atoms. The Hall–Kier alpha value is -5.27. The molecule has 0 spiro atoms. The molecule has 13 heteroatoms. The van der Waals surface area contributed by atoms with E-state index in [1.54, 1.807) is 38.1 Å². The number of nitrogens with one attached hydrogen (secondary N) is 3. The van der Waals surface area contributed by atoms with Gasteiger partial charge in [-0.3, -0.25) is 24.0 Å². The topological polar surface area (TPSA) is 152 Å². The lowest BCUT2D eigenvalue weighted by Crippen LogP contribution is -2.68. The minimum Gasteiger partial charge on any atom is -0.493 e. The minimum absolute atomic E-state index is 0.0727. The third-order valence-corrected chi connectivity index (χ3v) is 17.0. The molecule has 60 heavy (non-hydrogen) atoms. The van der Waals surface area contributed by atoms with E-state index in [1.807, 2.05) is 49.4 Å². The van der Waals surface area contributed by atoms with E-state index >= 15 is 0 Å². The van der Waals surface area contributed by atoms with Gasteiger partial charge in [0.15, 0.2) is 17.3 Å². The van der Waals surface area contributed by atoms with E-state index in [-0.39, 0.29) is 42.4 Å². The lowest BCUT2D eigenvalue weighted by molar-refractivity contribution is -0.144. The highest BCUT2D eigenvalue weighted by atomic mass is 28.4. The van der Waals surface area contributed by atoms with Crippen molar-refractivity contribution in [3.63, 3.8) is 0 Å². The lowest BCUT2D eigenvalue weighted by Gasteiger charge is -2.44. The molecular weight excluding hydrogens is 777 g/mol. The molecule has 3 aromatic carbocycles. The van der Waals surface area contributed by atoms with Gasteiger partial charge in [-0.15, -0.1) is 0 Å². The van der Waals surface area contributed by atoms with Crippen LogP contribution in [0, 0.1) is 0 Å². The van der Waals surface area contributed by atoms with Gasteiger partial charge < -0.3 is 34.8 Å². The molecule has 5 atom stereocenters. The average Bonchev–Trinajstić information content (AvgIpc) is 3.74. The van der Waals surface area contributed by atoms with Gasteiger partial charge in [0.2, 0.25) is 23.6 Å². The number of ether oxygens (including phenoxy) is 2. The summed E-state index contributed by atoms with van der Waals surface area (Å²) in [5.41, 5.74) is -0.666. The highest BCUT2D eigenvalue weighted by Crippen LogP contribution is 2.38. The molecule has 322 valence electrons. The molecule has 2 fully saturated rings. The molecule has 0 radical (unpaired) electrons. The van der Waals surface area contributed by atoms with Crippen LogP contribution in [0.4, 0.5) is 0 Å². The van der Waals surface area contributed by atoms with Gasteiger partial charge in [-0.1, -0.05) is 107 Å². The zero-order valence-electron chi connectivity index (χ0n) is 36.3. The first-order chi connectivity index (χ1) is 28.6. The maximum Gasteiger partial charge on any atom is 0.262 e. The van der Waals surface area contributed by atoms with Gasteiger partial charge in [0, 0.05) is 19.4 Å². The SMILES string of the molecule is CC[C@]1(C)NC(=O)[C@H](CCC=CCC(=O)[C@@H](C)O[Si](c2ccccc2)(c2ccccc2)C(C)(C)C)NC(=O)[C@H]2CCCN2C(=O)[C@H](Cc2ccc(OC)c(OC)c2)NC1=O. The summed E-state index contributed by atoms with van der Waals surface area (Å²) in [7, 11) is 0.111. The third-order valence-electron chi connectivity index (χ3n) is 11.9. The molecule has 2 aliphatic heterocycles. The quantitative estimate of drug-likeness (QED) is 0.146. The molecular formula is C47H62N4O8Si. The Bertz CT molecular complexity index is 1980. The van der Waals surface area contributed by atoms with Crippen molar-refractivity contribution in [2.24, 2.45) is 0 Å². The van der Waals surface area contributed by atoms with Gasteiger partial charge in [-0.2, -0.15) is 0 Å². The Kier molecular flexibility index (Phi) is 15.2. The van der Waals surface area contributed by atoms with Crippen LogP contribution in [0.3, 0.4) is 0 Å². The van der Waals surface area contributed by atoms with Crippen LogP contribution in [0.2, 0.25) is 5.04 Å². The molecule has 0 aliphatic carbocycles. The van der Waals surface area contributed by atoms with Gasteiger partial charge in [-0.05, 0) is 79.1 Å². The molecule has 4 amide bonds. The second kappa shape index (κ2) is 19.9. The molecule has 0 unspecified atom stereocenters. The number of allylic oxidation sites excluding steroid dienone is 2. The summed E-state index contributed by atoms with van der Waals surface area (Å²) in [5, 5.41) is 10.6. The monoisotopic (exact) mass is 838 g/mol. The summed E-state index contributed by atoms with van der Waals surface area (Å²) in [6, 6.07) is 22.8. The predicted octanol–water partition coefficient (Wildman–Crippen LogP) is 4.77. The van der Waals surface area contributed by atoms with Crippen LogP contribution in [-0.4, -0.2) is 93.2 Å². The summed E-state index contributed by atoms with van der Waals surface area (Å²) in [6.45, 7) is 12.1. The van der Waals surface area contributed by atoms with Gasteiger partial charge in [-0.25, -0.2) is 0 Å². The number of amides is 4. The number of nitrogens with zero attached hydrogens (tertiary/aromatic N) is 1. The summed E-state index contributed by atoms with van der Waals surface area (Å²) >= 11 is 0. The molecule has 3 aromatic rings. The number of rotatable bonds is 15. The first kappa shape index (κ1) is 45.8. The van der Waals surface area contributed by atoms with Crippen LogP contribution in [0.15, 0.2) is 91.0 Å². The fraction of sp³-hybridized carbons (Fsp3) is 0.468. The van der Waals surface area contributed by atoms with E-state index < -0.39 is 55.8 Å². The van der Waals surface area contributed by atoms with Crippen molar-refractivity contribution in [2.75, 3.05) is 20.8 Å². The first-order valence-corrected chi connectivity index (χ1v) is 22.9. The summed E-state index contributed by atoms with van der Waals surface area (Å²) < 4.78 is 17.8. The second-order valence-corrected chi connectivity index (χ2v) is 21.2. The van der Waals surface area contributed by atoms with Crippen molar-refractivity contribution in [1.29, 1.82) is 0 Å². The number of methoxy groups -OCH3 is 2. The van der Waals surface area contributed by atoms with Crippen molar-refractivity contribution in [2.45, 2.75) is 121 Å². The van der Waals surface area contributed by atoms with E-state index in [2.05, 4.69) is 61.0 Å². The van der Waals surface area contributed by atoms with E-state index in [0.717, 1.165) is 15.9 Å². The van der Waals surface area contributed by atoms with E-state index in [4.69, 9.17) is 13.9 Å². The van der Waals surface area contributed by atoms with Crippen molar-refractivity contribution < 1.29 is 37.9 Å². The number of benzene rings is 3. The van der Waals surface area contributed by atoms with Crippen LogP contribution in [0.1, 0.15) is 85.6 Å². The maximum absolute atomic E-state index is 14.2. The largest absolute Gasteiger partial charge is 0.493 e. The van der Waals surface area contributed by atoms with Crippen LogP contribution in [0.25, 0.3) is 0 Å². The van der Waals surface area contributed by atoms with Crippen LogP contribution >= 0.6 is 0 Å². The van der Waals surface area contributed by atoms with Crippen LogP contribution < -0.4 is 35.8 Å². The van der Waals surface area contributed by atoms with Gasteiger partial charge in [0.25, 0.3) is 8.32 Å². The zero-order valence-corrected chi connectivity index (χ0v) is 37.3. The Morgan fingerprint density at radius 1 is 0.883 bits per heavy atom. The second-order valence-electron chi connectivity index (χ2n) is 17.0. The summed E-state index contributed by atoms with van der Waals surface area (Å²) in [4.78, 5) is 71.3. The van der Waals surface area contributed by atoms with Crippen molar-refractivity contribution >= 4 is 48.1 Å². The Balaban J connectivity index is 1.30. The number of hydrogen-bond acceptors (Lipinski definition) is 8. The third kappa shape index (κ3) is 10.2. The fourth-order valence-electron chi connectivity index (χ4n) is 8.23. The minimum atomic E-state index is -2.94. The van der Waals surface area contributed by atoms with Gasteiger partial charge >= 0.3 is 0 Å². The maximum atomic E-state index is 14.2. The molecule has 2 aliphatic rings. The number of fused-ring (bicyclic) bond motifs is 1. The lowest BCUT2D eigenvalue weighted by atomic mass is 9.94. The van der Waals surface area contributed by atoms with Crippen LogP contribution in [0.5, 0.6) is 11.5 Å². The molecule has 0 saturated carbocycles. The molecule has 5 rings (SSSR count). The Labute approximate surface area is 355 Å². The number of hydrogen-bond donors (Lipinski definition) is 3. The highest BCUT2D eigenvalue weighted by Gasteiger charge is 2.51. The van der Waals surface area contributed by atoms with E-state index in [0.29, 0.717) is 37.3 Å². The molecule has 2 saturated heterocycles. The van der Waals surface area contributed by atoms with E-state index in [1.165, 1.54) is 19.1 Å². The standard InChI is InChI=1S/C47H62N4O8Si/c1-9-47(6)45(56)49-37(30-33-27-28-40(57-7)41(31-33)58-8)44(55)51-29-19-25-38(51)43(54)48-36(42(53)50-47)24-17-12-18-26-39(52)32(2)59-60(46(3,4)5,34-20-13-10-14-21-34)35-22-15-11-16-23-35/h10-16,18,20-23,27-28,31-32,36-38H,9,17,19,24-26,29-30H2,1-8H3,(H,48,54)(H,49,56)(H,50,53)/t32-,36+,37+,38-,47+/m1/s1.